The number of fused-ring (bicyclic) bond motifs is 2. The lowest BCUT2D eigenvalue weighted by Gasteiger charge is -2.22. The lowest BCUT2D eigenvalue weighted by atomic mass is 9.91. The summed E-state index contributed by atoms with van der Waals surface area (Å²) in [5.74, 6) is 0.988. The third-order valence-electron chi connectivity index (χ3n) is 7.22. The van der Waals surface area contributed by atoms with E-state index in [0.717, 1.165) is 59.9 Å². The second-order valence-electron chi connectivity index (χ2n) is 9.73. The minimum atomic E-state index is -0.462. The third-order valence-corrected chi connectivity index (χ3v) is 8.17. The zero-order valence-corrected chi connectivity index (χ0v) is 23.0. The predicted molar refractivity (Wildman–Crippen MR) is 166 cm³/mol. The van der Waals surface area contributed by atoms with Crippen molar-refractivity contribution in [2.24, 2.45) is 0 Å². The largest absolute Gasteiger partial charge is 0.508 e. The number of aromatic hydroxyl groups is 1. The number of nitrogens with zero attached hydrogens (tertiary/aromatic N) is 3. The van der Waals surface area contributed by atoms with Crippen molar-refractivity contribution < 1.29 is 9.84 Å². The lowest BCUT2D eigenvalue weighted by molar-refractivity contribution is 0.415. The fraction of sp³-hybridized carbons (Fsp3) is 0.0588. The fourth-order valence-electron chi connectivity index (χ4n) is 5.24. The van der Waals surface area contributed by atoms with Crippen LogP contribution < -0.4 is 10.1 Å². The van der Waals surface area contributed by atoms with Gasteiger partial charge in [0.05, 0.1) is 34.7 Å². The van der Waals surface area contributed by atoms with Gasteiger partial charge in [-0.3, -0.25) is 0 Å². The number of para-hydroxylation sites is 1. The van der Waals surface area contributed by atoms with E-state index in [1.807, 2.05) is 102 Å². The van der Waals surface area contributed by atoms with Crippen molar-refractivity contribution >= 4 is 37.5 Å². The summed E-state index contributed by atoms with van der Waals surface area (Å²) in [5, 5.41) is 22.9. The first kappa shape index (κ1) is 24.9. The van der Waals surface area contributed by atoms with Gasteiger partial charge in [-0.25, -0.2) is 9.67 Å². The number of nitrogens with one attached hydrogen (secondary N) is 1. The zero-order chi connectivity index (χ0) is 27.8. The quantitative estimate of drug-likeness (QED) is 0.208. The van der Waals surface area contributed by atoms with Crippen molar-refractivity contribution in [3.8, 4) is 28.4 Å². The number of anilines is 1. The molecule has 7 aromatic rings. The Morgan fingerprint density at radius 1 is 0.854 bits per heavy atom. The molecule has 0 aliphatic heterocycles. The van der Waals surface area contributed by atoms with E-state index in [9.17, 15) is 5.11 Å². The lowest BCUT2D eigenvalue weighted by Crippen LogP contribution is -2.13. The molecule has 0 saturated heterocycles. The van der Waals surface area contributed by atoms with Gasteiger partial charge in [0.15, 0.2) is 5.13 Å². The molecule has 7 heteroatoms. The minimum absolute atomic E-state index is 0.204. The molecule has 0 amide bonds. The molecule has 6 nitrogen and oxygen atoms in total. The van der Waals surface area contributed by atoms with E-state index in [-0.39, 0.29) is 5.75 Å². The van der Waals surface area contributed by atoms with Crippen LogP contribution >= 0.6 is 11.3 Å². The van der Waals surface area contributed by atoms with Gasteiger partial charge in [0.2, 0.25) is 0 Å². The van der Waals surface area contributed by atoms with E-state index in [0.29, 0.717) is 0 Å². The van der Waals surface area contributed by atoms with Gasteiger partial charge < -0.3 is 15.2 Å². The summed E-state index contributed by atoms with van der Waals surface area (Å²) >= 11 is 1.55. The average molecular weight is 555 g/mol. The summed E-state index contributed by atoms with van der Waals surface area (Å²) in [5.41, 5.74) is 5.32. The molecule has 7 rings (SSSR count). The molecule has 1 unspecified atom stereocenters. The van der Waals surface area contributed by atoms with Crippen LogP contribution in [0.5, 0.6) is 11.5 Å². The number of thiazole rings is 1. The summed E-state index contributed by atoms with van der Waals surface area (Å²) in [6, 6.07) is 37.4. The van der Waals surface area contributed by atoms with Gasteiger partial charge in [-0.15, -0.1) is 0 Å². The SMILES string of the molecule is COc1ccc2nc(NC(c3cn(-c4ccccc4)nc3-c3ccccc3)c3c(O)ccc4ccccc34)sc2c1. The van der Waals surface area contributed by atoms with E-state index < -0.39 is 6.04 Å². The van der Waals surface area contributed by atoms with E-state index in [4.69, 9.17) is 14.8 Å². The van der Waals surface area contributed by atoms with Crippen LogP contribution in [0.25, 0.3) is 37.9 Å². The number of benzene rings is 5. The molecular weight excluding hydrogens is 528 g/mol. The first-order chi connectivity index (χ1) is 20.2. The number of aromatic nitrogens is 3. The zero-order valence-electron chi connectivity index (χ0n) is 22.2. The molecule has 0 fully saturated rings. The van der Waals surface area contributed by atoms with Crippen LogP contribution in [0.1, 0.15) is 17.2 Å². The van der Waals surface area contributed by atoms with Crippen molar-refractivity contribution in [1.82, 2.24) is 14.8 Å². The number of methoxy groups -OCH3 is 1. The van der Waals surface area contributed by atoms with Crippen LogP contribution in [-0.4, -0.2) is 27.0 Å². The number of phenolic OH excluding ortho intramolecular Hbond substituents is 1. The van der Waals surface area contributed by atoms with Gasteiger partial charge in [0.1, 0.15) is 11.5 Å². The van der Waals surface area contributed by atoms with Crippen molar-refractivity contribution in [3.63, 3.8) is 0 Å². The molecule has 5 aromatic carbocycles. The van der Waals surface area contributed by atoms with Crippen molar-refractivity contribution in [1.29, 1.82) is 0 Å². The van der Waals surface area contributed by atoms with Gasteiger partial charge in [-0.2, -0.15) is 5.10 Å². The Labute approximate surface area is 241 Å². The number of hydrogen-bond acceptors (Lipinski definition) is 6. The fourth-order valence-corrected chi connectivity index (χ4v) is 6.16. The van der Waals surface area contributed by atoms with Gasteiger partial charge in [0, 0.05) is 22.9 Å². The van der Waals surface area contributed by atoms with E-state index >= 15 is 0 Å². The van der Waals surface area contributed by atoms with Crippen molar-refractivity contribution in [3.05, 3.63) is 133 Å². The summed E-state index contributed by atoms with van der Waals surface area (Å²) in [4.78, 5) is 4.90. The van der Waals surface area contributed by atoms with E-state index in [1.165, 1.54) is 0 Å². The third kappa shape index (κ3) is 4.66. The van der Waals surface area contributed by atoms with Gasteiger partial charge >= 0.3 is 0 Å². The molecule has 0 aliphatic rings. The highest BCUT2D eigenvalue weighted by Crippen LogP contribution is 2.42. The Bertz CT molecular complexity index is 1980. The minimum Gasteiger partial charge on any atom is -0.508 e. The number of hydrogen-bond donors (Lipinski definition) is 2. The van der Waals surface area contributed by atoms with Crippen LogP contribution in [0.3, 0.4) is 0 Å². The van der Waals surface area contributed by atoms with Crippen LogP contribution in [0.2, 0.25) is 0 Å². The van der Waals surface area contributed by atoms with Crippen LogP contribution in [0, 0.1) is 0 Å². The average Bonchev–Trinajstić information content (AvgIpc) is 3.65. The Morgan fingerprint density at radius 2 is 1.61 bits per heavy atom. The molecule has 41 heavy (non-hydrogen) atoms. The number of phenols is 1. The molecular formula is C34H26N4O2S. The number of ether oxygens (including phenoxy) is 1. The number of rotatable bonds is 7. The van der Waals surface area contributed by atoms with Gasteiger partial charge in [-0.05, 0) is 47.2 Å². The standard InChI is InChI=1S/C34H26N4O2S/c1-40-25-17-18-28-30(20-25)41-34(35-28)36-33(31-26-15-9-8-10-22(26)16-19-29(31)39)27-21-38(24-13-6-3-7-14-24)37-32(27)23-11-4-2-5-12-23/h2-21,33,39H,1H3,(H,35,36). The molecule has 2 aromatic heterocycles. The van der Waals surface area contributed by atoms with Crippen molar-refractivity contribution in [2.45, 2.75) is 6.04 Å². The monoisotopic (exact) mass is 554 g/mol. The second-order valence-corrected chi connectivity index (χ2v) is 10.8. The maximum absolute atomic E-state index is 11.4. The Kier molecular flexibility index (Phi) is 6.34. The van der Waals surface area contributed by atoms with Crippen LogP contribution in [0.15, 0.2) is 121 Å². The highest BCUT2D eigenvalue weighted by molar-refractivity contribution is 7.22. The summed E-state index contributed by atoms with van der Waals surface area (Å²) in [6.45, 7) is 0. The molecule has 0 spiro atoms. The molecule has 0 radical (unpaired) electrons. The Balaban J connectivity index is 1.47. The van der Waals surface area contributed by atoms with Crippen LogP contribution in [0.4, 0.5) is 5.13 Å². The molecule has 0 aliphatic carbocycles. The highest BCUT2D eigenvalue weighted by atomic mass is 32.1. The normalized spacial score (nSPS) is 12.0. The second kappa shape index (κ2) is 10.4. The first-order valence-electron chi connectivity index (χ1n) is 13.3. The van der Waals surface area contributed by atoms with E-state index in [1.54, 1.807) is 24.5 Å². The van der Waals surface area contributed by atoms with Gasteiger partial charge in [-0.1, -0.05) is 90.2 Å². The molecule has 0 bridgehead atoms. The molecule has 1 atom stereocenters. The molecule has 2 heterocycles. The Hall–Kier alpha value is -5.14. The van der Waals surface area contributed by atoms with Crippen molar-refractivity contribution in [2.75, 3.05) is 12.4 Å². The highest BCUT2D eigenvalue weighted by Gasteiger charge is 2.27. The van der Waals surface area contributed by atoms with Crippen LogP contribution in [-0.2, 0) is 0 Å². The topological polar surface area (TPSA) is 72.2 Å². The smallest absolute Gasteiger partial charge is 0.184 e. The first-order valence-corrected chi connectivity index (χ1v) is 14.1. The summed E-state index contributed by atoms with van der Waals surface area (Å²) in [6.07, 6.45) is 2.05. The van der Waals surface area contributed by atoms with E-state index in [2.05, 4.69) is 23.5 Å². The molecule has 0 saturated carbocycles. The summed E-state index contributed by atoms with van der Waals surface area (Å²) < 4.78 is 8.35. The predicted octanol–water partition coefficient (Wildman–Crippen LogP) is 8.22. The summed E-state index contributed by atoms with van der Waals surface area (Å²) in [7, 11) is 1.66. The molecule has 200 valence electrons. The maximum Gasteiger partial charge on any atom is 0.184 e. The Morgan fingerprint density at radius 3 is 2.41 bits per heavy atom. The maximum atomic E-state index is 11.4. The van der Waals surface area contributed by atoms with Gasteiger partial charge in [0.25, 0.3) is 0 Å². The molecule has 2 N–H and O–H groups in total.